The van der Waals surface area contributed by atoms with Crippen molar-refractivity contribution < 1.29 is 23.2 Å². The van der Waals surface area contributed by atoms with E-state index in [4.69, 9.17) is 0 Å². The zero-order valence-corrected chi connectivity index (χ0v) is 22.9. The summed E-state index contributed by atoms with van der Waals surface area (Å²) in [4.78, 5) is 41.7. The molecule has 0 bridgehead atoms. The van der Waals surface area contributed by atoms with Gasteiger partial charge in [0.25, 0.3) is 0 Å². The van der Waals surface area contributed by atoms with E-state index in [1.54, 1.807) is 13.8 Å². The first-order valence-corrected chi connectivity index (χ1v) is 14.0. The number of dihydropyridines is 1. The molecule has 2 atom stereocenters. The van der Waals surface area contributed by atoms with Crippen LogP contribution in [0.15, 0.2) is 53.9 Å². The summed E-state index contributed by atoms with van der Waals surface area (Å²) in [5.74, 6) is -1.32. The third-order valence-electron chi connectivity index (χ3n) is 9.48. The van der Waals surface area contributed by atoms with Gasteiger partial charge in [0.15, 0.2) is 0 Å². The van der Waals surface area contributed by atoms with Crippen LogP contribution in [-0.4, -0.2) is 47.8 Å². The van der Waals surface area contributed by atoms with Crippen LogP contribution in [0.25, 0.3) is 0 Å². The molecule has 3 amide bonds. The number of fused-ring (bicyclic) bond motifs is 4. The number of hydrogen-bond acceptors (Lipinski definition) is 5. The number of amides is 3. The molecule has 0 radical (unpaired) electrons. The van der Waals surface area contributed by atoms with Crippen molar-refractivity contribution >= 4 is 23.4 Å². The molecule has 0 unspecified atom stereocenters. The summed E-state index contributed by atoms with van der Waals surface area (Å²) < 4.78 is 29.0. The van der Waals surface area contributed by atoms with Crippen LogP contribution in [0, 0.1) is 17.0 Å². The Morgan fingerprint density at radius 1 is 1.10 bits per heavy atom. The van der Waals surface area contributed by atoms with Crippen molar-refractivity contribution in [3.63, 3.8) is 0 Å². The van der Waals surface area contributed by atoms with Crippen molar-refractivity contribution in [1.82, 2.24) is 20.9 Å². The quantitative estimate of drug-likeness (QED) is 0.463. The first-order valence-electron chi connectivity index (χ1n) is 14.0. The highest BCUT2D eigenvalue weighted by molar-refractivity contribution is 5.97. The van der Waals surface area contributed by atoms with Gasteiger partial charge in [0.05, 0.1) is 16.5 Å². The standard InChI is InChI=1S/C31H31F2N5O3/c1-29(2)28(41)38(31(16-35-29)8-7-21-23(31)11-19(32)12-24(21)33)15-25(39)36-20-6-5-17-13-30(14-18(17)10-20)22-4-3-9-34-26(22)37-27(30)40/h3-6,10-12,34-35H,7-9,13-16H2,1-2H3,(H,36,39)(H,37,40)/t30-,31+/m1/s1. The molecule has 4 N–H and O–H groups in total. The lowest BCUT2D eigenvalue weighted by atomic mass is 9.78. The molecule has 0 aromatic heterocycles. The number of allylic oxidation sites excluding steroid dienone is 1. The number of halogens is 2. The van der Waals surface area contributed by atoms with Gasteiger partial charge < -0.3 is 26.2 Å². The smallest absolute Gasteiger partial charge is 0.244 e. The molecule has 2 aliphatic carbocycles. The monoisotopic (exact) mass is 559 g/mol. The van der Waals surface area contributed by atoms with Gasteiger partial charge in [-0.2, -0.15) is 0 Å². The first kappa shape index (κ1) is 25.9. The summed E-state index contributed by atoms with van der Waals surface area (Å²) in [6.07, 6.45) is 5.84. The third kappa shape index (κ3) is 3.76. The van der Waals surface area contributed by atoms with E-state index < -0.39 is 34.0 Å². The van der Waals surface area contributed by atoms with Crippen LogP contribution in [0.4, 0.5) is 14.5 Å². The van der Waals surface area contributed by atoms with Crippen molar-refractivity contribution in [3.05, 3.63) is 87.8 Å². The lowest BCUT2D eigenvalue weighted by molar-refractivity contribution is -0.152. The average Bonchev–Trinajstić information content (AvgIpc) is 3.57. The van der Waals surface area contributed by atoms with Crippen LogP contribution < -0.4 is 21.3 Å². The molecule has 1 fully saturated rings. The summed E-state index contributed by atoms with van der Waals surface area (Å²) in [6.45, 7) is 4.16. The van der Waals surface area contributed by atoms with Crippen LogP contribution in [0.1, 0.15) is 42.5 Å². The van der Waals surface area contributed by atoms with Gasteiger partial charge in [0, 0.05) is 30.4 Å². The number of nitrogens with one attached hydrogen (secondary N) is 4. The molecule has 3 aliphatic heterocycles. The van der Waals surface area contributed by atoms with Crippen LogP contribution in [0.2, 0.25) is 0 Å². The number of rotatable bonds is 3. The Kier molecular flexibility index (Phi) is 5.51. The third-order valence-corrected chi connectivity index (χ3v) is 9.48. The zero-order valence-electron chi connectivity index (χ0n) is 22.9. The molecule has 8 nitrogen and oxygen atoms in total. The van der Waals surface area contributed by atoms with E-state index in [9.17, 15) is 23.2 Å². The molecule has 212 valence electrons. The van der Waals surface area contributed by atoms with E-state index in [2.05, 4.69) is 21.3 Å². The number of hydrogen-bond donors (Lipinski definition) is 4. The topological polar surface area (TPSA) is 103 Å². The largest absolute Gasteiger partial charge is 0.368 e. The van der Waals surface area contributed by atoms with Crippen LogP contribution in [0.3, 0.4) is 0 Å². The number of anilines is 1. The van der Waals surface area contributed by atoms with Gasteiger partial charge in [0.1, 0.15) is 24.0 Å². The maximum absolute atomic E-state index is 14.7. The molecular formula is C31H31F2N5O3. The minimum Gasteiger partial charge on any atom is -0.368 e. The van der Waals surface area contributed by atoms with Crippen molar-refractivity contribution in [2.75, 3.05) is 25.0 Å². The Balaban J connectivity index is 1.14. The highest BCUT2D eigenvalue weighted by atomic mass is 19.1. The van der Waals surface area contributed by atoms with Gasteiger partial charge in [-0.3, -0.25) is 14.4 Å². The summed E-state index contributed by atoms with van der Waals surface area (Å²) in [5.41, 5.74) is 1.71. The van der Waals surface area contributed by atoms with E-state index in [-0.39, 0.29) is 24.9 Å². The lowest BCUT2D eigenvalue weighted by Gasteiger charge is -2.50. The molecule has 2 spiro atoms. The minimum absolute atomic E-state index is 0.0295. The highest BCUT2D eigenvalue weighted by Crippen LogP contribution is 2.48. The summed E-state index contributed by atoms with van der Waals surface area (Å²) in [6, 6.07) is 7.79. The van der Waals surface area contributed by atoms with Crippen molar-refractivity contribution in [3.8, 4) is 0 Å². The van der Waals surface area contributed by atoms with Crippen molar-refractivity contribution in [2.24, 2.45) is 5.41 Å². The van der Waals surface area contributed by atoms with E-state index >= 15 is 0 Å². The first-order chi connectivity index (χ1) is 19.5. The number of carbonyl (C=O) groups is 3. The van der Waals surface area contributed by atoms with E-state index in [1.807, 2.05) is 30.4 Å². The maximum atomic E-state index is 14.7. The molecule has 3 heterocycles. The number of benzene rings is 2. The van der Waals surface area contributed by atoms with Gasteiger partial charge in [-0.1, -0.05) is 18.2 Å². The molecule has 2 aromatic carbocycles. The Bertz CT molecular complexity index is 1610. The van der Waals surface area contributed by atoms with Crippen LogP contribution >= 0.6 is 0 Å². The maximum Gasteiger partial charge on any atom is 0.244 e. The Morgan fingerprint density at radius 3 is 2.73 bits per heavy atom. The molecule has 41 heavy (non-hydrogen) atoms. The van der Waals surface area contributed by atoms with Gasteiger partial charge in [-0.05, 0) is 80.0 Å². The molecule has 10 heteroatoms. The number of carbonyl (C=O) groups excluding carboxylic acids is 3. The van der Waals surface area contributed by atoms with E-state index in [0.717, 1.165) is 28.6 Å². The Labute approximate surface area is 236 Å². The average molecular weight is 560 g/mol. The molecule has 1 saturated heterocycles. The molecule has 0 saturated carbocycles. The van der Waals surface area contributed by atoms with Crippen LogP contribution in [0.5, 0.6) is 0 Å². The Hall–Kier alpha value is -4.05. The highest BCUT2D eigenvalue weighted by Gasteiger charge is 2.54. The predicted molar refractivity (Wildman–Crippen MR) is 147 cm³/mol. The fourth-order valence-corrected chi connectivity index (χ4v) is 7.33. The normalized spacial score (nSPS) is 27.2. The van der Waals surface area contributed by atoms with Crippen LogP contribution in [-0.2, 0) is 39.2 Å². The molecule has 5 aliphatic rings. The predicted octanol–water partition coefficient (Wildman–Crippen LogP) is 2.54. The number of nitrogens with zero attached hydrogens (tertiary/aromatic N) is 1. The SMILES string of the molecule is CC1(C)NC[C@]2(CCc3c(F)cc(F)cc32)N(CC(=O)Nc2ccc3c(c2)C[C@@]2(C3)C(=O)NC3=C2C=CCN3)C1=O. The van der Waals surface area contributed by atoms with Gasteiger partial charge >= 0.3 is 0 Å². The van der Waals surface area contributed by atoms with Gasteiger partial charge in [0.2, 0.25) is 17.7 Å². The van der Waals surface area contributed by atoms with Crippen molar-refractivity contribution in [2.45, 2.75) is 50.6 Å². The van der Waals surface area contributed by atoms with E-state index in [0.29, 0.717) is 49.0 Å². The number of piperazine rings is 1. The fraction of sp³-hybridized carbons (Fsp3) is 0.387. The second-order valence-corrected chi connectivity index (χ2v) is 12.3. The fourth-order valence-electron chi connectivity index (χ4n) is 7.33. The zero-order chi connectivity index (χ0) is 28.7. The summed E-state index contributed by atoms with van der Waals surface area (Å²) in [7, 11) is 0. The summed E-state index contributed by atoms with van der Waals surface area (Å²) in [5, 5.41) is 12.4. The molecule has 2 aromatic rings. The summed E-state index contributed by atoms with van der Waals surface area (Å²) >= 11 is 0. The van der Waals surface area contributed by atoms with E-state index in [1.165, 1.54) is 11.0 Å². The lowest BCUT2D eigenvalue weighted by Crippen LogP contribution is -2.70. The van der Waals surface area contributed by atoms with Gasteiger partial charge in [-0.25, -0.2) is 8.78 Å². The second kappa shape index (κ2) is 8.72. The molecule has 7 rings (SSSR count). The minimum atomic E-state index is -1.03. The van der Waals surface area contributed by atoms with Gasteiger partial charge in [-0.15, -0.1) is 0 Å². The second-order valence-electron chi connectivity index (χ2n) is 12.3. The Morgan fingerprint density at radius 2 is 1.90 bits per heavy atom. The van der Waals surface area contributed by atoms with Crippen molar-refractivity contribution in [1.29, 1.82) is 0 Å². The molecular weight excluding hydrogens is 528 g/mol.